The number of guanidine groups is 1. The first-order valence-corrected chi connectivity index (χ1v) is 20.0. The van der Waals surface area contributed by atoms with Gasteiger partial charge < -0.3 is 75.4 Å². The highest BCUT2D eigenvalue weighted by molar-refractivity contribution is 5.92. The lowest BCUT2D eigenvalue weighted by atomic mass is 9.83. The lowest BCUT2D eigenvalue weighted by Crippen LogP contribution is -2.69. The number of aliphatic imine (C=N–C) groups is 1. The molecule has 5 rings (SSSR count). The molecule has 3 fully saturated rings. The Morgan fingerprint density at radius 2 is 1.90 bits per heavy atom. The largest absolute Gasteiger partial charge is 0.478 e. The lowest BCUT2D eigenvalue weighted by Gasteiger charge is -2.48. The van der Waals surface area contributed by atoms with Gasteiger partial charge in [0.1, 0.15) is 18.3 Å². The fourth-order valence-corrected chi connectivity index (χ4v) is 8.46. The molecule has 0 bridgehead atoms. The van der Waals surface area contributed by atoms with Crippen LogP contribution in [0.25, 0.3) is 0 Å². The maximum atomic E-state index is 14.1. The van der Waals surface area contributed by atoms with Gasteiger partial charge in [0, 0.05) is 37.4 Å². The molecule has 3 heterocycles. The summed E-state index contributed by atoms with van der Waals surface area (Å²) in [7, 11) is 0. The molecule has 0 amide bonds. The molecule has 2 saturated carbocycles. The molecule has 18 heteroatoms. The molecule has 0 aromatic heterocycles. The van der Waals surface area contributed by atoms with Crippen LogP contribution < -0.4 is 11.1 Å². The summed E-state index contributed by atoms with van der Waals surface area (Å²) in [4.78, 5) is 32.5. The number of carbonyl (C=O) groups is 2. The Balaban J connectivity index is 1.52. The molecule has 1 saturated heterocycles. The van der Waals surface area contributed by atoms with Crippen LogP contribution in [0, 0.1) is 17.3 Å². The zero-order valence-electron chi connectivity index (χ0n) is 33.1. The number of hydrogen-bond acceptors (Lipinski definition) is 15. The highest BCUT2D eigenvalue weighted by Gasteiger charge is 2.57. The Morgan fingerprint density at radius 3 is 2.53 bits per heavy atom. The smallest absolute Gasteiger partial charge is 0.338 e. The zero-order chi connectivity index (χ0) is 42.2. The van der Waals surface area contributed by atoms with E-state index >= 15 is 0 Å². The third-order valence-electron chi connectivity index (χ3n) is 11.4. The molecule has 8 atom stereocenters. The minimum absolute atomic E-state index is 0.0793. The number of carboxylic acid groups (broad SMARTS) is 1. The second kappa shape index (κ2) is 19.9. The van der Waals surface area contributed by atoms with Gasteiger partial charge >= 0.3 is 11.9 Å². The van der Waals surface area contributed by atoms with Gasteiger partial charge in [-0.1, -0.05) is 31.1 Å². The van der Waals surface area contributed by atoms with Gasteiger partial charge in [-0.05, 0) is 57.8 Å². The van der Waals surface area contributed by atoms with Crippen LogP contribution in [0.15, 0.2) is 64.7 Å². The van der Waals surface area contributed by atoms with Crippen molar-refractivity contribution in [1.29, 1.82) is 0 Å². The van der Waals surface area contributed by atoms with Crippen molar-refractivity contribution in [3.63, 3.8) is 0 Å². The van der Waals surface area contributed by atoms with Crippen LogP contribution in [0.3, 0.4) is 0 Å². The summed E-state index contributed by atoms with van der Waals surface area (Å²) in [6.45, 7) is 6.28. The van der Waals surface area contributed by atoms with Crippen LogP contribution in [-0.2, 0) is 33.3 Å². The summed E-state index contributed by atoms with van der Waals surface area (Å²) in [6, 6.07) is 0. The first kappa shape index (κ1) is 45.2. The maximum absolute atomic E-state index is 14.1. The number of ether oxygens (including phenoxy) is 5. The van der Waals surface area contributed by atoms with Crippen molar-refractivity contribution in [2.24, 2.45) is 28.0 Å². The second-order valence-corrected chi connectivity index (χ2v) is 15.9. The molecule has 324 valence electrons. The van der Waals surface area contributed by atoms with E-state index in [0.29, 0.717) is 12.0 Å². The van der Waals surface area contributed by atoms with Crippen molar-refractivity contribution in [1.82, 2.24) is 10.2 Å². The number of aliphatic carboxylic acids is 1. The summed E-state index contributed by atoms with van der Waals surface area (Å²) in [5.41, 5.74) is 6.75. The standard InChI is InChI=1S/C40H60N4O14/c1-4-26-27(9-8-24-19-44(15-17-46)20-28(34(49)50)31(24)43-38(41)42-14-7-16-45)29(35(51)56-25-10-13-39(18-25)11-5-6-12-39)22-54-36(26)58-37-33(55-23(2)3)40(52,53)32(48)30(21-47)57-37/h4,8-9,19,22-23,25-27,30,32-33,36-37,45-48,52-53H,1,5-7,10-18,20-21H2,2-3H3,(H,49,50)(H3,41,42,43). The monoisotopic (exact) mass is 820 g/mol. The predicted molar refractivity (Wildman–Crippen MR) is 207 cm³/mol. The molecule has 3 aliphatic heterocycles. The third-order valence-corrected chi connectivity index (χ3v) is 11.4. The third kappa shape index (κ3) is 10.5. The van der Waals surface area contributed by atoms with Gasteiger partial charge in [-0.25, -0.2) is 9.59 Å². The average molecular weight is 821 g/mol. The van der Waals surface area contributed by atoms with Gasteiger partial charge in [-0.3, -0.25) is 4.99 Å². The molecular weight excluding hydrogens is 760 g/mol. The molecule has 10 N–H and O–H groups in total. The van der Waals surface area contributed by atoms with E-state index in [9.17, 15) is 45.3 Å². The Bertz CT molecular complexity index is 1620. The molecule has 58 heavy (non-hydrogen) atoms. The summed E-state index contributed by atoms with van der Waals surface area (Å²) in [5, 5.41) is 74.7. The van der Waals surface area contributed by atoms with E-state index in [0.717, 1.165) is 44.9 Å². The number of nitrogens with one attached hydrogen (secondary N) is 1. The first-order valence-electron chi connectivity index (χ1n) is 20.0. The van der Waals surface area contributed by atoms with Crippen LogP contribution in [0.1, 0.15) is 65.2 Å². The quantitative estimate of drug-likeness (QED) is 0.0237. The number of carboxylic acids is 1. The fraction of sp³-hybridized carbons (Fsp3) is 0.675. The summed E-state index contributed by atoms with van der Waals surface area (Å²) in [5.74, 6) is -6.73. The molecule has 1 spiro atoms. The summed E-state index contributed by atoms with van der Waals surface area (Å²) >= 11 is 0. The molecule has 0 aromatic carbocycles. The van der Waals surface area contributed by atoms with Crippen LogP contribution in [0.2, 0.25) is 0 Å². The molecule has 18 nitrogen and oxygen atoms in total. The molecule has 5 aliphatic rings. The van der Waals surface area contributed by atoms with Crippen LogP contribution >= 0.6 is 0 Å². The number of allylic oxidation sites excluding steroid dienone is 2. The van der Waals surface area contributed by atoms with Gasteiger partial charge in [0.25, 0.3) is 0 Å². The number of rotatable bonds is 17. The fourth-order valence-electron chi connectivity index (χ4n) is 8.46. The normalized spacial score (nSPS) is 31.1. The Kier molecular flexibility index (Phi) is 15.5. The number of aliphatic hydroxyl groups excluding tert-OH is 4. The van der Waals surface area contributed by atoms with E-state index in [1.165, 1.54) is 12.3 Å². The van der Waals surface area contributed by atoms with Gasteiger partial charge in [-0.15, -0.1) is 6.58 Å². The molecule has 2 aliphatic carbocycles. The number of nitrogens with zero attached hydrogens (tertiary/aromatic N) is 2. The predicted octanol–water partition coefficient (Wildman–Crippen LogP) is 0.244. The van der Waals surface area contributed by atoms with Crippen LogP contribution in [0.5, 0.6) is 0 Å². The number of aliphatic hydroxyl groups is 6. The number of nitrogens with two attached hydrogens (primary N) is 1. The van der Waals surface area contributed by atoms with Gasteiger partial charge in [-0.2, -0.15) is 0 Å². The van der Waals surface area contributed by atoms with Crippen molar-refractivity contribution in [2.45, 2.75) is 114 Å². The lowest BCUT2D eigenvalue weighted by molar-refractivity contribution is -0.413. The minimum Gasteiger partial charge on any atom is -0.478 e. The van der Waals surface area contributed by atoms with Crippen molar-refractivity contribution in [2.75, 3.05) is 39.5 Å². The van der Waals surface area contributed by atoms with E-state index in [1.807, 2.05) is 0 Å². The summed E-state index contributed by atoms with van der Waals surface area (Å²) < 4.78 is 29.9. The first-order chi connectivity index (χ1) is 27.7. The average Bonchev–Trinajstić information content (AvgIpc) is 3.82. The topological polar surface area (TPSA) is 276 Å². The Hall–Kier alpha value is -3.85. The van der Waals surface area contributed by atoms with Crippen molar-refractivity contribution < 1.29 is 69.0 Å². The highest BCUT2D eigenvalue weighted by Crippen LogP contribution is 2.51. The maximum Gasteiger partial charge on any atom is 0.338 e. The number of β-amino-alcohol motifs (C(OH)–C–C–N with tert-alkyl or cyclic N) is 1. The summed E-state index contributed by atoms with van der Waals surface area (Å²) in [6.07, 6.45) is 5.82. The van der Waals surface area contributed by atoms with E-state index in [2.05, 4.69) is 16.9 Å². The van der Waals surface area contributed by atoms with Crippen molar-refractivity contribution in [3.05, 3.63) is 59.7 Å². The zero-order valence-corrected chi connectivity index (χ0v) is 33.1. The Morgan fingerprint density at radius 1 is 1.16 bits per heavy atom. The van der Waals surface area contributed by atoms with Gasteiger partial charge in [0.05, 0.1) is 54.9 Å². The molecule has 8 unspecified atom stereocenters. The molecule has 0 radical (unpaired) electrons. The van der Waals surface area contributed by atoms with E-state index in [1.54, 1.807) is 37.1 Å². The molecular formula is C40H60N4O14. The Labute approximate surface area is 337 Å². The second-order valence-electron chi connectivity index (χ2n) is 15.9. The molecule has 0 aromatic rings. The van der Waals surface area contributed by atoms with Crippen molar-refractivity contribution >= 4 is 17.9 Å². The van der Waals surface area contributed by atoms with E-state index in [-0.39, 0.29) is 67.2 Å². The SMILES string of the molecule is C=CC1C(OC2OC(CO)C(O)C(O)(O)C2OC(C)C)OC=C(C(=O)OC2CCC3(CCCC3)C2)C1C=CC1=CN(CCO)CC(C(=O)O)=C1NC(N)=NCCCO. The number of carbonyl (C=O) groups excluding carboxylic acids is 1. The van der Waals surface area contributed by atoms with Crippen LogP contribution in [-0.4, -0.2) is 147 Å². The van der Waals surface area contributed by atoms with E-state index in [4.69, 9.17) is 29.4 Å². The van der Waals surface area contributed by atoms with Crippen LogP contribution in [0.4, 0.5) is 0 Å². The van der Waals surface area contributed by atoms with Crippen molar-refractivity contribution in [3.8, 4) is 0 Å². The number of hydrogen-bond donors (Lipinski definition) is 9. The highest BCUT2D eigenvalue weighted by atomic mass is 16.8. The van der Waals surface area contributed by atoms with Gasteiger partial charge in [0.15, 0.2) is 18.4 Å². The van der Waals surface area contributed by atoms with E-state index < -0.39 is 73.2 Å². The van der Waals surface area contributed by atoms with Gasteiger partial charge in [0.2, 0.25) is 12.1 Å². The number of esters is 1. The minimum atomic E-state index is -2.92.